The Balaban J connectivity index is 2.79. The van der Waals surface area contributed by atoms with Crippen molar-refractivity contribution >= 4 is 0 Å². The monoisotopic (exact) mass is 198 g/mol. The topological polar surface area (TPSA) is 110 Å². The van der Waals surface area contributed by atoms with Gasteiger partial charge in [-0.05, 0) is 0 Å². The Morgan fingerprint density at radius 1 is 1.38 bits per heavy atom. The molecule has 1 saturated heterocycles. The van der Waals surface area contributed by atoms with E-state index in [1.807, 2.05) is 0 Å². The predicted molar refractivity (Wildman–Crippen MR) is 36.0 cm³/mol. The van der Waals surface area contributed by atoms with Gasteiger partial charge in [-0.3, -0.25) is 0 Å². The summed E-state index contributed by atoms with van der Waals surface area (Å²) in [6, 6.07) is 0. The Kier molecular flexibility index (Phi) is 2.85. The van der Waals surface area contributed by atoms with Crippen LogP contribution >= 0.6 is 0 Å². The van der Waals surface area contributed by atoms with Crippen LogP contribution in [0.15, 0.2) is 0 Å². The Morgan fingerprint density at radius 2 is 1.92 bits per heavy atom. The first kappa shape index (κ1) is 10.8. The average Bonchev–Trinajstić information content (AvgIpc) is 2.08. The quantitative estimate of drug-likeness (QED) is 0.308. The molecule has 0 bridgehead atoms. The molecule has 1 heterocycles. The standard InChI is InChI=1S/C6H11FO6/c7-5(11)6(12)4(10)3(9)2(8)1-13-6/h2-5,8-12H,1H2/t2-,3-,4+,5?,6?/m1/s1. The van der Waals surface area contributed by atoms with Crippen molar-refractivity contribution in [2.75, 3.05) is 6.61 Å². The van der Waals surface area contributed by atoms with E-state index in [0.29, 0.717) is 0 Å². The lowest BCUT2D eigenvalue weighted by molar-refractivity contribution is -0.370. The SMILES string of the molecule is OC(F)C1(O)OC[C@@H](O)[C@@H](O)[C@@H]1O. The fraction of sp³-hybridized carbons (Fsp3) is 1.00. The van der Waals surface area contributed by atoms with Crippen LogP contribution in [-0.2, 0) is 4.74 Å². The molecule has 2 unspecified atom stereocenters. The summed E-state index contributed by atoms with van der Waals surface area (Å²) < 4.78 is 16.6. The normalized spacial score (nSPS) is 48.9. The number of alkyl halides is 1. The van der Waals surface area contributed by atoms with E-state index in [1.165, 1.54) is 0 Å². The highest BCUT2D eigenvalue weighted by Crippen LogP contribution is 2.27. The highest BCUT2D eigenvalue weighted by Gasteiger charge is 2.53. The molecule has 0 saturated carbocycles. The first-order chi connectivity index (χ1) is 5.89. The van der Waals surface area contributed by atoms with Gasteiger partial charge in [0.2, 0.25) is 0 Å². The van der Waals surface area contributed by atoms with Gasteiger partial charge in [-0.2, -0.15) is 0 Å². The summed E-state index contributed by atoms with van der Waals surface area (Å²) in [6.07, 6.45) is -8.14. The summed E-state index contributed by atoms with van der Waals surface area (Å²) in [4.78, 5) is 0. The maximum atomic E-state index is 12.4. The van der Waals surface area contributed by atoms with Gasteiger partial charge in [0.1, 0.15) is 18.3 Å². The van der Waals surface area contributed by atoms with Crippen molar-refractivity contribution in [2.45, 2.75) is 30.5 Å². The number of hydrogen-bond donors (Lipinski definition) is 5. The molecule has 1 fully saturated rings. The lowest BCUT2D eigenvalue weighted by Crippen LogP contribution is -2.64. The fourth-order valence-corrected chi connectivity index (χ4v) is 1.07. The molecule has 0 aromatic heterocycles. The van der Waals surface area contributed by atoms with E-state index in [0.717, 1.165) is 0 Å². The zero-order chi connectivity index (χ0) is 10.2. The summed E-state index contributed by atoms with van der Waals surface area (Å²) in [6.45, 7) is -0.574. The van der Waals surface area contributed by atoms with Gasteiger partial charge < -0.3 is 30.3 Å². The van der Waals surface area contributed by atoms with Gasteiger partial charge in [-0.15, -0.1) is 0 Å². The molecule has 0 amide bonds. The second kappa shape index (κ2) is 3.45. The fourth-order valence-electron chi connectivity index (χ4n) is 1.07. The van der Waals surface area contributed by atoms with Crippen LogP contribution in [0.3, 0.4) is 0 Å². The number of hydrogen-bond acceptors (Lipinski definition) is 6. The summed E-state index contributed by atoms with van der Waals surface area (Å²) in [5.74, 6) is -2.88. The third kappa shape index (κ3) is 1.66. The molecule has 5 N–H and O–H groups in total. The largest absolute Gasteiger partial charge is 0.388 e. The molecule has 0 radical (unpaired) electrons. The van der Waals surface area contributed by atoms with Crippen molar-refractivity contribution in [1.82, 2.24) is 0 Å². The lowest BCUT2D eigenvalue weighted by Gasteiger charge is -2.41. The van der Waals surface area contributed by atoms with Crippen molar-refractivity contribution < 1.29 is 34.7 Å². The summed E-state index contributed by atoms with van der Waals surface area (Å²) >= 11 is 0. The maximum absolute atomic E-state index is 12.4. The zero-order valence-corrected chi connectivity index (χ0v) is 6.54. The number of aliphatic hydroxyl groups excluding tert-OH is 4. The van der Waals surface area contributed by atoms with Crippen molar-refractivity contribution in [2.24, 2.45) is 0 Å². The van der Waals surface area contributed by atoms with E-state index < -0.39 is 37.1 Å². The van der Waals surface area contributed by atoms with Gasteiger partial charge in [0.25, 0.3) is 12.1 Å². The molecule has 1 aliphatic heterocycles. The van der Waals surface area contributed by atoms with E-state index in [4.69, 9.17) is 25.5 Å². The molecule has 6 nitrogen and oxygen atoms in total. The molecule has 1 rings (SSSR count). The molecule has 13 heavy (non-hydrogen) atoms. The summed E-state index contributed by atoms with van der Waals surface area (Å²) in [7, 11) is 0. The predicted octanol–water partition coefficient (Wildman–Crippen LogP) is -2.92. The van der Waals surface area contributed by atoms with E-state index in [1.54, 1.807) is 0 Å². The maximum Gasteiger partial charge on any atom is 0.253 e. The van der Waals surface area contributed by atoms with E-state index in [-0.39, 0.29) is 0 Å². The van der Waals surface area contributed by atoms with Gasteiger partial charge in [0.15, 0.2) is 0 Å². The molecule has 1 aliphatic rings. The Hall–Kier alpha value is -0.310. The first-order valence-electron chi connectivity index (χ1n) is 3.62. The van der Waals surface area contributed by atoms with Crippen molar-refractivity contribution in [3.05, 3.63) is 0 Å². The highest BCUT2D eigenvalue weighted by molar-refractivity contribution is 4.92. The van der Waals surface area contributed by atoms with Crippen LogP contribution < -0.4 is 0 Å². The number of rotatable bonds is 1. The molecule has 78 valence electrons. The summed E-state index contributed by atoms with van der Waals surface area (Å²) in [5.41, 5.74) is 0. The van der Waals surface area contributed by atoms with Crippen LogP contribution in [0.25, 0.3) is 0 Å². The summed E-state index contributed by atoms with van der Waals surface area (Å²) in [5, 5.41) is 44.5. The van der Waals surface area contributed by atoms with Gasteiger partial charge in [-0.1, -0.05) is 0 Å². The minimum absolute atomic E-state index is 0.574. The molecule has 0 aromatic carbocycles. The molecule has 0 spiro atoms. The van der Waals surface area contributed by atoms with Crippen molar-refractivity contribution in [3.8, 4) is 0 Å². The first-order valence-corrected chi connectivity index (χ1v) is 3.62. The number of ether oxygens (including phenoxy) is 1. The van der Waals surface area contributed by atoms with Crippen LogP contribution in [0, 0.1) is 0 Å². The molecular formula is C6H11FO6. The van der Waals surface area contributed by atoms with Crippen LogP contribution in [0.5, 0.6) is 0 Å². The van der Waals surface area contributed by atoms with Crippen LogP contribution in [0.1, 0.15) is 0 Å². The van der Waals surface area contributed by atoms with E-state index >= 15 is 0 Å². The minimum Gasteiger partial charge on any atom is -0.388 e. The van der Waals surface area contributed by atoms with Gasteiger partial charge in [0.05, 0.1) is 6.61 Å². The molecule has 0 aliphatic carbocycles. The third-order valence-electron chi connectivity index (χ3n) is 1.97. The van der Waals surface area contributed by atoms with Crippen molar-refractivity contribution in [3.63, 3.8) is 0 Å². The van der Waals surface area contributed by atoms with Crippen LogP contribution in [0.4, 0.5) is 4.39 Å². The number of aliphatic hydroxyl groups is 5. The zero-order valence-electron chi connectivity index (χ0n) is 6.54. The van der Waals surface area contributed by atoms with E-state index in [9.17, 15) is 4.39 Å². The second-order valence-electron chi connectivity index (χ2n) is 2.90. The van der Waals surface area contributed by atoms with Crippen LogP contribution in [0.2, 0.25) is 0 Å². The van der Waals surface area contributed by atoms with E-state index in [2.05, 4.69) is 4.74 Å². The molecule has 0 aromatic rings. The smallest absolute Gasteiger partial charge is 0.253 e. The molecule has 7 heteroatoms. The molecular weight excluding hydrogens is 187 g/mol. The van der Waals surface area contributed by atoms with Gasteiger partial charge in [0, 0.05) is 0 Å². The van der Waals surface area contributed by atoms with Crippen LogP contribution in [-0.4, -0.2) is 62.6 Å². The Bertz CT molecular complexity index is 188. The van der Waals surface area contributed by atoms with Gasteiger partial charge in [-0.25, -0.2) is 4.39 Å². The third-order valence-corrected chi connectivity index (χ3v) is 1.97. The molecule has 5 atom stereocenters. The second-order valence-corrected chi connectivity index (χ2v) is 2.90. The van der Waals surface area contributed by atoms with Gasteiger partial charge >= 0.3 is 0 Å². The Morgan fingerprint density at radius 3 is 2.38 bits per heavy atom. The highest BCUT2D eigenvalue weighted by atomic mass is 19.1. The average molecular weight is 198 g/mol. The van der Waals surface area contributed by atoms with Crippen molar-refractivity contribution in [1.29, 1.82) is 0 Å². The number of halogens is 1. The lowest BCUT2D eigenvalue weighted by atomic mass is 9.97. The minimum atomic E-state index is -2.88. The Labute approximate surface area is 72.8 Å².